The van der Waals surface area contributed by atoms with Gasteiger partial charge >= 0.3 is 6.09 Å². The highest BCUT2D eigenvalue weighted by Gasteiger charge is 2.43. The summed E-state index contributed by atoms with van der Waals surface area (Å²) in [6.07, 6.45) is -0.126. The lowest BCUT2D eigenvalue weighted by Gasteiger charge is -2.33. The summed E-state index contributed by atoms with van der Waals surface area (Å²) < 4.78 is 11.2. The topological polar surface area (TPSA) is 214 Å². The van der Waals surface area contributed by atoms with Gasteiger partial charge in [-0.25, -0.2) is 9.78 Å². The maximum atomic E-state index is 13.7. The molecule has 1 saturated heterocycles. The number of aliphatic hydroxyl groups is 1. The number of aryl methyl sites for hydroxylation is 1. The number of benzene rings is 2. The fourth-order valence-corrected chi connectivity index (χ4v) is 6.70. The summed E-state index contributed by atoms with van der Waals surface area (Å²) in [4.78, 5) is 70.8. The minimum Gasteiger partial charge on any atom is -0.489 e. The van der Waals surface area contributed by atoms with Gasteiger partial charge in [0, 0.05) is 24.2 Å². The van der Waals surface area contributed by atoms with E-state index in [2.05, 4.69) is 32.8 Å². The molecule has 0 unspecified atom stereocenters. The number of β-amino-alcohol motifs (C(OH)–C–C–N with tert-alkyl or cyclic N) is 1. The molecule has 15 nitrogen and oxygen atoms in total. The Balaban J connectivity index is 1.43. The Bertz CT molecular complexity index is 1890. The molecule has 16 heteroatoms. The lowest BCUT2D eigenvalue weighted by molar-refractivity contribution is -0.141. The summed E-state index contributed by atoms with van der Waals surface area (Å²) in [6.45, 7) is 15.9. The van der Waals surface area contributed by atoms with Gasteiger partial charge in [0.2, 0.25) is 23.6 Å². The molecular weight excluding hydrogens is 739 g/mol. The fourth-order valence-electron chi connectivity index (χ4n) is 5.90. The highest BCUT2D eigenvalue weighted by atomic mass is 32.1. The van der Waals surface area contributed by atoms with Gasteiger partial charge in [0.05, 0.1) is 34.3 Å². The number of carbonyl (C=O) groups excluding carboxylic acids is 5. The number of alkyl carbamates (subject to hydrolysis) is 1. The van der Waals surface area contributed by atoms with E-state index in [9.17, 15) is 29.1 Å². The van der Waals surface area contributed by atoms with Crippen molar-refractivity contribution in [1.82, 2.24) is 25.8 Å². The number of anilines is 1. The Kier molecular flexibility index (Phi) is 14.7. The van der Waals surface area contributed by atoms with Crippen LogP contribution in [0.5, 0.6) is 5.75 Å². The number of rotatable bonds is 15. The first-order chi connectivity index (χ1) is 26.4. The van der Waals surface area contributed by atoms with Gasteiger partial charge in [-0.15, -0.1) is 11.3 Å². The van der Waals surface area contributed by atoms with Crippen molar-refractivity contribution in [3.05, 3.63) is 77.5 Å². The fraction of sp³-hybridized carbons (Fsp3) is 0.450. The van der Waals surface area contributed by atoms with Crippen LogP contribution in [0, 0.1) is 12.3 Å². The molecule has 0 radical (unpaired) electrons. The van der Waals surface area contributed by atoms with E-state index in [0.29, 0.717) is 17.0 Å². The number of amides is 5. The molecule has 1 fully saturated rings. The average molecular weight is 792 g/mol. The quantitative estimate of drug-likeness (QED) is 0.122. The second-order valence-corrected chi connectivity index (χ2v) is 15.8. The van der Waals surface area contributed by atoms with E-state index in [4.69, 9.17) is 15.2 Å². The predicted octanol–water partition coefficient (Wildman–Crippen LogP) is 3.95. The molecule has 5 amide bonds. The molecule has 1 aromatic heterocycles. The Labute approximate surface area is 331 Å². The van der Waals surface area contributed by atoms with Gasteiger partial charge in [0.25, 0.3) is 0 Å². The smallest absolute Gasteiger partial charge is 0.408 e. The lowest BCUT2D eigenvalue weighted by Crippen LogP contribution is -2.55. The summed E-state index contributed by atoms with van der Waals surface area (Å²) >= 11 is 1.50. The van der Waals surface area contributed by atoms with Crippen molar-refractivity contribution in [2.45, 2.75) is 97.8 Å². The summed E-state index contributed by atoms with van der Waals surface area (Å²) in [7, 11) is 0. The Hall–Kier alpha value is -5.32. The van der Waals surface area contributed by atoms with E-state index in [1.807, 2.05) is 52.8 Å². The third kappa shape index (κ3) is 11.4. The molecule has 0 aliphatic carbocycles. The molecule has 7 N–H and O–H groups in total. The zero-order valence-electron chi connectivity index (χ0n) is 32.9. The largest absolute Gasteiger partial charge is 0.489 e. The van der Waals surface area contributed by atoms with Gasteiger partial charge < -0.3 is 46.5 Å². The van der Waals surface area contributed by atoms with Crippen LogP contribution in [-0.4, -0.2) is 88.1 Å². The standard InChI is InChI=1S/C40H53N7O8S/c1-9-16-54-39(53)45-25(5)35(49)44-24(4)36(50)46-28-13-10-26(11-14-28)20-55-32-17-27(33-23(3)42-21-56-33)12-15-30(32)22(2)43-37(51)31-18-29(48)19-47(31)38(52)34(41)40(6,7)8/h9-15,17,21-22,24-25,29,31,34,48H,1,16,18-20,41H2,2-8H3,(H,43,51)(H,44,49)(H,45,53)(H,46,50)/t22-,24-,25-,29+,31-,34+/m0/s1. The van der Waals surface area contributed by atoms with Gasteiger partial charge in [-0.05, 0) is 62.4 Å². The zero-order chi connectivity index (χ0) is 41.3. The molecule has 2 heterocycles. The van der Waals surface area contributed by atoms with Crippen LogP contribution in [0.1, 0.15) is 70.8 Å². The van der Waals surface area contributed by atoms with E-state index < -0.39 is 65.5 Å². The monoisotopic (exact) mass is 791 g/mol. The van der Waals surface area contributed by atoms with Crippen molar-refractivity contribution < 1.29 is 38.6 Å². The predicted molar refractivity (Wildman–Crippen MR) is 214 cm³/mol. The molecule has 0 saturated carbocycles. The van der Waals surface area contributed by atoms with Crippen molar-refractivity contribution in [2.75, 3.05) is 18.5 Å². The number of thiazole rings is 1. The van der Waals surface area contributed by atoms with Crippen LogP contribution in [0.4, 0.5) is 10.5 Å². The van der Waals surface area contributed by atoms with Crippen LogP contribution in [-0.2, 0) is 30.5 Å². The summed E-state index contributed by atoms with van der Waals surface area (Å²) in [5, 5.41) is 21.2. The van der Waals surface area contributed by atoms with E-state index in [1.165, 1.54) is 36.2 Å². The molecule has 3 aromatic rings. The molecule has 0 spiro atoms. The third-order valence-electron chi connectivity index (χ3n) is 9.34. The first-order valence-corrected chi connectivity index (χ1v) is 19.2. The van der Waals surface area contributed by atoms with Crippen LogP contribution in [0.25, 0.3) is 10.4 Å². The van der Waals surface area contributed by atoms with Gasteiger partial charge in [-0.1, -0.05) is 57.7 Å². The van der Waals surface area contributed by atoms with Crippen LogP contribution in [0.2, 0.25) is 0 Å². The van der Waals surface area contributed by atoms with E-state index >= 15 is 0 Å². The van der Waals surface area contributed by atoms with Gasteiger partial charge in [0.15, 0.2) is 0 Å². The number of aromatic nitrogens is 1. The minimum atomic E-state index is -0.937. The molecule has 1 aliphatic rings. The number of nitrogens with zero attached hydrogens (tertiary/aromatic N) is 2. The van der Waals surface area contributed by atoms with E-state index in [0.717, 1.165) is 21.7 Å². The highest BCUT2D eigenvalue weighted by Crippen LogP contribution is 2.35. The Morgan fingerprint density at radius 3 is 2.34 bits per heavy atom. The number of aliphatic hydroxyl groups excluding tert-OH is 1. The van der Waals surface area contributed by atoms with Crippen molar-refractivity contribution in [1.29, 1.82) is 0 Å². The number of hydrogen-bond acceptors (Lipinski definition) is 11. The number of likely N-dealkylation sites (tertiary alicyclic amines) is 1. The first-order valence-electron chi connectivity index (χ1n) is 18.4. The van der Waals surface area contributed by atoms with Gasteiger partial charge in [-0.3, -0.25) is 19.2 Å². The van der Waals surface area contributed by atoms with Crippen LogP contribution >= 0.6 is 11.3 Å². The van der Waals surface area contributed by atoms with Crippen molar-refractivity contribution in [2.24, 2.45) is 11.1 Å². The van der Waals surface area contributed by atoms with Crippen molar-refractivity contribution >= 4 is 46.7 Å². The van der Waals surface area contributed by atoms with Crippen molar-refractivity contribution in [3.63, 3.8) is 0 Å². The third-order valence-corrected chi connectivity index (χ3v) is 10.3. The molecule has 1 aliphatic heterocycles. The number of ether oxygens (including phenoxy) is 2. The number of carbonyl (C=O) groups is 5. The Morgan fingerprint density at radius 2 is 1.71 bits per heavy atom. The van der Waals surface area contributed by atoms with Gasteiger partial charge in [-0.2, -0.15) is 0 Å². The van der Waals surface area contributed by atoms with Gasteiger partial charge in [0.1, 0.15) is 37.1 Å². The summed E-state index contributed by atoms with van der Waals surface area (Å²) in [5.41, 5.74) is 11.2. The SMILES string of the molecule is C=CCOC(=O)N[C@@H](C)C(=O)N[C@@H](C)C(=O)Nc1ccc(COc2cc(-c3scnc3C)ccc2[C@H](C)NC(=O)[C@@H]2C[C@@H](O)CN2C(=O)[C@@H](N)C(C)(C)C)cc1. The molecular formula is C40H53N7O8S. The first kappa shape index (κ1) is 43.4. The second-order valence-electron chi connectivity index (χ2n) is 14.9. The molecule has 2 aromatic carbocycles. The van der Waals surface area contributed by atoms with E-state index in [1.54, 1.807) is 29.8 Å². The summed E-state index contributed by atoms with van der Waals surface area (Å²) in [6, 6.07) is 8.64. The molecule has 0 bridgehead atoms. The molecule has 4 rings (SSSR count). The zero-order valence-corrected chi connectivity index (χ0v) is 33.7. The van der Waals surface area contributed by atoms with Crippen LogP contribution < -0.4 is 31.7 Å². The molecule has 6 atom stereocenters. The number of nitrogens with one attached hydrogen (secondary N) is 4. The average Bonchev–Trinajstić information content (AvgIpc) is 3.77. The molecule has 56 heavy (non-hydrogen) atoms. The van der Waals surface area contributed by atoms with Crippen molar-refractivity contribution in [3.8, 4) is 16.2 Å². The normalized spacial score (nSPS) is 17.5. The minimum absolute atomic E-state index is 0.00367. The van der Waals surface area contributed by atoms with Crippen LogP contribution in [0.3, 0.4) is 0 Å². The Morgan fingerprint density at radius 1 is 1.04 bits per heavy atom. The second kappa shape index (κ2) is 19.0. The highest BCUT2D eigenvalue weighted by molar-refractivity contribution is 7.13. The number of nitrogens with two attached hydrogens (primary N) is 1. The van der Waals surface area contributed by atoms with Crippen LogP contribution in [0.15, 0.2) is 60.6 Å². The maximum Gasteiger partial charge on any atom is 0.408 e. The summed E-state index contributed by atoms with van der Waals surface area (Å²) in [5.74, 6) is -1.29. The number of hydrogen-bond donors (Lipinski definition) is 6. The maximum absolute atomic E-state index is 13.7. The lowest BCUT2D eigenvalue weighted by atomic mass is 9.86. The molecule has 302 valence electrons. The van der Waals surface area contributed by atoms with E-state index in [-0.39, 0.29) is 32.1 Å².